The first-order chi connectivity index (χ1) is 18.4. The summed E-state index contributed by atoms with van der Waals surface area (Å²) >= 11 is 0. The summed E-state index contributed by atoms with van der Waals surface area (Å²) in [5.41, 5.74) is -3.55. The summed E-state index contributed by atoms with van der Waals surface area (Å²) in [6.45, 7) is 2.67. The zero-order valence-corrected chi connectivity index (χ0v) is 21.7. The molecule has 3 aromatic rings. The second-order valence-electron chi connectivity index (χ2n) is 9.26. The lowest BCUT2D eigenvalue weighted by Crippen LogP contribution is -2.44. The van der Waals surface area contributed by atoms with Crippen LogP contribution >= 0.6 is 0 Å². The first kappa shape index (κ1) is 26.9. The molecule has 1 amide bonds. The number of rotatable bonds is 6. The SMILES string of the molecule is CCc1nc2ncc(C)cn2c1C(=O)NCC1C=C(F)C(c2nc3n(n2)CCN(S(=O)(=O)C(F)(F)F)C3)=CC1. The number of carbonyl (C=O) groups excluding carboxylic acids is 1. The number of amides is 1. The van der Waals surface area contributed by atoms with Gasteiger partial charge in [-0.1, -0.05) is 13.0 Å². The van der Waals surface area contributed by atoms with Crippen LogP contribution in [-0.2, 0) is 29.5 Å². The minimum atomic E-state index is -5.52. The fourth-order valence-corrected chi connectivity index (χ4v) is 5.42. The molecular weight excluding hydrogens is 544 g/mol. The molecule has 1 unspecified atom stereocenters. The third kappa shape index (κ3) is 4.93. The van der Waals surface area contributed by atoms with E-state index in [9.17, 15) is 26.4 Å². The molecule has 5 rings (SSSR count). The van der Waals surface area contributed by atoms with Gasteiger partial charge in [-0.15, -0.1) is 0 Å². The Morgan fingerprint density at radius 3 is 2.69 bits per heavy atom. The Morgan fingerprint density at radius 2 is 2.00 bits per heavy atom. The third-order valence-corrected chi connectivity index (χ3v) is 8.10. The molecule has 1 N–H and O–H groups in total. The van der Waals surface area contributed by atoms with E-state index in [-0.39, 0.29) is 46.4 Å². The lowest BCUT2D eigenvalue weighted by atomic mass is 9.95. The van der Waals surface area contributed by atoms with Crippen LogP contribution in [0.15, 0.2) is 30.4 Å². The van der Waals surface area contributed by atoms with Crippen LogP contribution in [-0.4, -0.2) is 66.4 Å². The Kier molecular flexibility index (Phi) is 6.78. The first-order valence-electron chi connectivity index (χ1n) is 12.1. The summed E-state index contributed by atoms with van der Waals surface area (Å²) in [5, 5.41) is 6.99. The molecule has 3 aromatic heterocycles. The minimum Gasteiger partial charge on any atom is -0.350 e. The molecule has 4 heterocycles. The number of aryl methyl sites for hydroxylation is 2. The molecule has 0 bridgehead atoms. The topological polar surface area (TPSA) is 127 Å². The Labute approximate surface area is 220 Å². The van der Waals surface area contributed by atoms with Gasteiger partial charge in [0, 0.05) is 31.4 Å². The number of imidazole rings is 1. The second-order valence-corrected chi connectivity index (χ2v) is 11.2. The van der Waals surface area contributed by atoms with Crippen molar-refractivity contribution in [1.82, 2.24) is 38.8 Å². The van der Waals surface area contributed by atoms with Gasteiger partial charge in [0.15, 0.2) is 5.82 Å². The number of nitrogens with zero attached hydrogens (tertiary/aromatic N) is 7. The van der Waals surface area contributed by atoms with Crippen LogP contribution in [0.2, 0.25) is 0 Å². The molecule has 1 aliphatic heterocycles. The van der Waals surface area contributed by atoms with Crippen molar-refractivity contribution in [3.63, 3.8) is 0 Å². The van der Waals surface area contributed by atoms with Gasteiger partial charge < -0.3 is 5.32 Å². The number of halogens is 4. The van der Waals surface area contributed by atoms with Gasteiger partial charge in [-0.2, -0.15) is 22.6 Å². The van der Waals surface area contributed by atoms with Crippen molar-refractivity contribution in [2.24, 2.45) is 5.92 Å². The van der Waals surface area contributed by atoms with E-state index in [1.54, 1.807) is 22.9 Å². The van der Waals surface area contributed by atoms with E-state index in [0.717, 1.165) is 5.56 Å². The van der Waals surface area contributed by atoms with E-state index >= 15 is 4.39 Å². The van der Waals surface area contributed by atoms with Crippen LogP contribution in [0.1, 0.15) is 46.7 Å². The molecule has 0 fully saturated rings. The fraction of sp³-hybridized carbons (Fsp3) is 0.435. The van der Waals surface area contributed by atoms with Crippen LogP contribution in [0.5, 0.6) is 0 Å². The van der Waals surface area contributed by atoms with Crippen LogP contribution < -0.4 is 5.32 Å². The zero-order valence-electron chi connectivity index (χ0n) is 20.9. The van der Waals surface area contributed by atoms with Crippen LogP contribution in [0, 0.1) is 12.8 Å². The predicted octanol–water partition coefficient (Wildman–Crippen LogP) is 2.54. The maximum atomic E-state index is 15.1. The predicted molar refractivity (Wildman–Crippen MR) is 130 cm³/mol. The molecule has 0 aromatic carbocycles. The van der Waals surface area contributed by atoms with Crippen molar-refractivity contribution >= 4 is 27.3 Å². The number of aromatic nitrogens is 6. The van der Waals surface area contributed by atoms with Crippen LogP contribution in [0.25, 0.3) is 11.4 Å². The molecule has 0 spiro atoms. The van der Waals surface area contributed by atoms with E-state index in [2.05, 4.69) is 25.4 Å². The number of fused-ring (bicyclic) bond motifs is 2. The maximum absolute atomic E-state index is 15.1. The van der Waals surface area contributed by atoms with Gasteiger partial charge in [-0.05, 0) is 31.4 Å². The molecule has 1 atom stereocenters. The molecule has 11 nitrogen and oxygen atoms in total. The summed E-state index contributed by atoms with van der Waals surface area (Å²) in [6.07, 6.45) is 7.18. The van der Waals surface area contributed by atoms with Crippen molar-refractivity contribution in [3.05, 3.63) is 59.0 Å². The number of allylic oxidation sites excluding steroid dienone is 3. The lowest BCUT2D eigenvalue weighted by Gasteiger charge is -2.26. The van der Waals surface area contributed by atoms with Gasteiger partial charge in [0.2, 0.25) is 5.78 Å². The number of nitrogens with one attached hydrogen (secondary N) is 1. The molecule has 16 heteroatoms. The minimum absolute atomic E-state index is 0.0170. The normalized spacial score (nSPS) is 18.6. The molecule has 0 radical (unpaired) electrons. The lowest BCUT2D eigenvalue weighted by molar-refractivity contribution is -0.0496. The molecule has 1 aliphatic carbocycles. The monoisotopic (exact) mass is 568 g/mol. The molecule has 2 aliphatic rings. The fourth-order valence-electron chi connectivity index (χ4n) is 4.52. The van der Waals surface area contributed by atoms with Crippen LogP contribution in [0.3, 0.4) is 0 Å². The van der Waals surface area contributed by atoms with Crippen molar-refractivity contribution in [1.29, 1.82) is 0 Å². The Balaban J connectivity index is 1.27. The van der Waals surface area contributed by atoms with E-state index in [1.165, 1.54) is 10.8 Å². The summed E-state index contributed by atoms with van der Waals surface area (Å²) in [5.74, 6) is -1.03. The Morgan fingerprint density at radius 1 is 1.23 bits per heavy atom. The first-order valence-corrected chi connectivity index (χ1v) is 13.5. The van der Waals surface area contributed by atoms with Gasteiger partial charge in [-0.3, -0.25) is 9.20 Å². The highest BCUT2D eigenvalue weighted by atomic mass is 32.2. The van der Waals surface area contributed by atoms with Crippen molar-refractivity contribution in [3.8, 4) is 0 Å². The molecule has 0 saturated carbocycles. The van der Waals surface area contributed by atoms with Crippen LogP contribution in [0.4, 0.5) is 17.6 Å². The Hall–Kier alpha value is -3.66. The van der Waals surface area contributed by atoms with Crippen molar-refractivity contribution < 1.29 is 30.8 Å². The highest BCUT2D eigenvalue weighted by Gasteiger charge is 2.50. The standard InChI is InChI=1S/C23H24F4N8O3S/c1-3-17-19(34-11-13(2)9-29-22(34)30-17)21(36)28-10-14-4-5-15(16(24)8-14)20-31-18-12-33(6-7-35(18)32-20)39(37,38)23(25,26)27/h5,8-9,11,14H,3-4,6-7,10,12H2,1-2H3,(H,28,36). The molecule has 0 saturated heterocycles. The second kappa shape index (κ2) is 9.82. The van der Waals surface area contributed by atoms with E-state index in [1.807, 2.05) is 13.8 Å². The third-order valence-electron chi connectivity index (χ3n) is 6.52. The summed E-state index contributed by atoms with van der Waals surface area (Å²) in [7, 11) is -5.52. The van der Waals surface area contributed by atoms with Gasteiger partial charge in [-0.25, -0.2) is 32.4 Å². The summed E-state index contributed by atoms with van der Waals surface area (Å²) < 4.78 is 80.5. The quantitative estimate of drug-likeness (QED) is 0.453. The number of sulfonamides is 1. The summed E-state index contributed by atoms with van der Waals surface area (Å²) in [6, 6.07) is 0. The van der Waals surface area contributed by atoms with E-state index in [4.69, 9.17) is 0 Å². The summed E-state index contributed by atoms with van der Waals surface area (Å²) in [4.78, 5) is 25.8. The van der Waals surface area contributed by atoms with Gasteiger partial charge in [0.1, 0.15) is 17.3 Å². The van der Waals surface area contributed by atoms with Crippen molar-refractivity contribution in [2.75, 3.05) is 13.1 Å². The Bertz CT molecular complexity index is 1620. The smallest absolute Gasteiger partial charge is 0.350 e. The van der Waals surface area contributed by atoms with Crippen molar-refractivity contribution in [2.45, 2.75) is 45.3 Å². The molecule has 208 valence electrons. The molecular formula is C23H24F4N8O3S. The largest absolute Gasteiger partial charge is 0.511 e. The average molecular weight is 569 g/mol. The maximum Gasteiger partial charge on any atom is 0.511 e. The van der Waals surface area contributed by atoms with E-state index in [0.29, 0.717) is 30.0 Å². The number of alkyl halides is 3. The molecule has 39 heavy (non-hydrogen) atoms. The zero-order chi connectivity index (χ0) is 28.1. The van der Waals surface area contributed by atoms with Gasteiger partial charge >= 0.3 is 15.5 Å². The van der Waals surface area contributed by atoms with E-state index < -0.39 is 34.4 Å². The highest BCUT2D eigenvalue weighted by Crippen LogP contribution is 2.32. The number of hydrogen-bond donors (Lipinski definition) is 1. The number of hydrogen-bond acceptors (Lipinski definition) is 7. The van der Waals surface area contributed by atoms with Gasteiger partial charge in [0.05, 0.1) is 24.4 Å². The average Bonchev–Trinajstić information content (AvgIpc) is 3.47. The number of carbonyl (C=O) groups is 1. The highest BCUT2D eigenvalue weighted by molar-refractivity contribution is 7.89. The van der Waals surface area contributed by atoms with Gasteiger partial charge in [0.25, 0.3) is 5.91 Å².